The molecule has 1 fully saturated rings. The second-order valence-electron chi connectivity index (χ2n) is 5.88. The van der Waals surface area contributed by atoms with E-state index in [-0.39, 0.29) is 24.3 Å². The molecule has 1 aromatic carbocycles. The number of rotatable bonds is 1. The number of nitrogens with one attached hydrogen (secondary N) is 2. The summed E-state index contributed by atoms with van der Waals surface area (Å²) in [5.74, 6) is 0.659. The van der Waals surface area contributed by atoms with Gasteiger partial charge in [-0.2, -0.15) is 0 Å². The summed E-state index contributed by atoms with van der Waals surface area (Å²) in [5, 5.41) is 7.88. The van der Waals surface area contributed by atoms with E-state index in [0.29, 0.717) is 5.56 Å². The van der Waals surface area contributed by atoms with Crippen LogP contribution in [0.25, 0.3) is 0 Å². The van der Waals surface area contributed by atoms with E-state index < -0.39 is 0 Å². The van der Waals surface area contributed by atoms with Gasteiger partial charge < -0.3 is 15.5 Å². The summed E-state index contributed by atoms with van der Waals surface area (Å²) >= 11 is 1.71. The van der Waals surface area contributed by atoms with Crippen LogP contribution in [0.1, 0.15) is 22.0 Å². The van der Waals surface area contributed by atoms with Crippen molar-refractivity contribution < 1.29 is 4.39 Å². The van der Waals surface area contributed by atoms with Gasteiger partial charge in [0.25, 0.3) is 0 Å². The smallest absolute Gasteiger partial charge is 0.200 e. The maximum absolute atomic E-state index is 14.3. The number of fused-ring (bicyclic) bond motifs is 1. The zero-order valence-electron chi connectivity index (χ0n) is 13.4. The molecule has 3 heterocycles. The molecule has 0 radical (unpaired) electrons. The molecular weight excluding hydrogens is 347 g/mol. The van der Waals surface area contributed by atoms with Gasteiger partial charge in [0, 0.05) is 42.2 Å². The summed E-state index contributed by atoms with van der Waals surface area (Å²) in [6, 6.07) is 8.78. The van der Waals surface area contributed by atoms with Gasteiger partial charge in [-0.15, -0.1) is 23.7 Å². The first-order valence-electron chi connectivity index (χ1n) is 7.87. The van der Waals surface area contributed by atoms with Crippen LogP contribution in [-0.2, 0) is 0 Å². The topological polar surface area (TPSA) is 39.7 Å². The molecule has 0 amide bonds. The van der Waals surface area contributed by atoms with Gasteiger partial charge in [0.2, 0.25) is 0 Å². The summed E-state index contributed by atoms with van der Waals surface area (Å²) < 4.78 is 14.3. The fourth-order valence-corrected chi connectivity index (χ4v) is 4.07. The lowest BCUT2D eigenvalue weighted by Crippen LogP contribution is -2.49. The molecule has 2 aliphatic heterocycles. The van der Waals surface area contributed by atoms with E-state index in [4.69, 9.17) is 4.99 Å². The molecule has 0 saturated carbocycles. The van der Waals surface area contributed by atoms with Crippen LogP contribution < -0.4 is 10.6 Å². The molecule has 1 unspecified atom stereocenters. The zero-order valence-corrected chi connectivity index (χ0v) is 15.0. The highest BCUT2D eigenvalue weighted by Crippen LogP contribution is 2.41. The lowest BCUT2D eigenvalue weighted by Gasteiger charge is -2.33. The van der Waals surface area contributed by atoms with Crippen LogP contribution in [0.2, 0.25) is 0 Å². The number of benzene rings is 1. The Morgan fingerprint density at radius 1 is 1.21 bits per heavy atom. The fourth-order valence-electron chi connectivity index (χ4n) is 3.13. The van der Waals surface area contributed by atoms with Gasteiger partial charge in [-0.3, -0.25) is 0 Å². The largest absolute Gasteiger partial charge is 0.340 e. The van der Waals surface area contributed by atoms with Crippen LogP contribution in [0.4, 0.5) is 9.39 Å². The number of aliphatic imine (C=N–C) groups is 1. The Labute approximate surface area is 151 Å². The number of thiophene rings is 1. The van der Waals surface area contributed by atoms with E-state index in [1.165, 1.54) is 10.9 Å². The average Bonchev–Trinajstić information content (AvgIpc) is 2.95. The van der Waals surface area contributed by atoms with E-state index in [1.54, 1.807) is 17.4 Å². The van der Waals surface area contributed by atoms with Crippen molar-refractivity contribution in [3.05, 3.63) is 52.2 Å². The molecule has 4 nitrogen and oxygen atoms in total. The normalized spacial score (nSPS) is 19.8. The minimum atomic E-state index is -0.276. The van der Waals surface area contributed by atoms with Gasteiger partial charge in [0.05, 0.1) is 0 Å². The fraction of sp³-hybridized carbons (Fsp3) is 0.353. The van der Waals surface area contributed by atoms with E-state index in [9.17, 15) is 4.39 Å². The molecule has 24 heavy (non-hydrogen) atoms. The molecule has 0 bridgehead atoms. The van der Waals surface area contributed by atoms with E-state index in [2.05, 4.69) is 28.5 Å². The third kappa shape index (κ3) is 3.14. The first kappa shape index (κ1) is 17.2. The molecule has 2 aromatic rings. The highest BCUT2D eigenvalue weighted by molar-refractivity contribution is 7.16. The van der Waals surface area contributed by atoms with Crippen molar-refractivity contribution in [2.24, 2.45) is 4.99 Å². The lowest BCUT2D eigenvalue weighted by molar-refractivity contribution is 0.354. The molecular formula is C17H20ClFN4S. The van der Waals surface area contributed by atoms with Gasteiger partial charge in [-0.25, -0.2) is 9.38 Å². The van der Waals surface area contributed by atoms with Gasteiger partial charge >= 0.3 is 0 Å². The van der Waals surface area contributed by atoms with Crippen molar-refractivity contribution in [1.29, 1.82) is 0 Å². The van der Waals surface area contributed by atoms with Crippen LogP contribution >= 0.6 is 23.7 Å². The summed E-state index contributed by atoms with van der Waals surface area (Å²) in [7, 11) is 0. The monoisotopic (exact) mass is 366 g/mol. The maximum atomic E-state index is 14.3. The van der Waals surface area contributed by atoms with Crippen LogP contribution in [0.5, 0.6) is 0 Å². The Morgan fingerprint density at radius 3 is 2.71 bits per heavy atom. The maximum Gasteiger partial charge on any atom is 0.200 e. The third-order valence-corrected chi connectivity index (χ3v) is 5.25. The van der Waals surface area contributed by atoms with Crippen molar-refractivity contribution in [3.63, 3.8) is 0 Å². The van der Waals surface area contributed by atoms with E-state index in [0.717, 1.165) is 42.7 Å². The number of piperazine rings is 1. The standard InChI is InChI=1S/C17H19FN4S.ClH/c1-11-10-13-15(12-4-2-3-5-14(12)18)20-17(21-16(13)23-11)22-8-6-19-7-9-22;/h2-5,10,15,19H,6-9H2,1H3,(H,20,21);1H. The molecule has 2 aliphatic rings. The molecule has 1 atom stereocenters. The predicted molar refractivity (Wildman–Crippen MR) is 100 cm³/mol. The highest BCUT2D eigenvalue weighted by atomic mass is 35.5. The Bertz CT molecular complexity index is 755. The second kappa shape index (κ2) is 7.09. The number of hydrogen-bond donors (Lipinski definition) is 2. The van der Waals surface area contributed by atoms with Crippen molar-refractivity contribution in [1.82, 2.24) is 10.2 Å². The molecule has 0 spiro atoms. The SMILES string of the molecule is Cc1cc2c(s1)NC(N1CCNCC1)=NC2c1ccccc1F.Cl. The van der Waals surface area contributed by atoms with Crippen LogP contribution in [-0.4, -0.2) is 37.0 Å². The summed E-state index contributed by atoms with van der Waals surface area (Å²) in [6.07, 6.45) is 0. The van der Waals surface area contributed by atoms with Crippen LogP contribution in [0, 0.1) is 12.7 Å². The average molecular weight is 367 g/mol. The summed E-state index contributed by atoms with van der Waals surface area (Å²) in [6.45, 7) is 5.79. The van der Waals surface area contributed by atoms with Gasteiger partial charge in [-0.05, 0) is 19.1 Å². The molecule has 1 saturated heterocycles. The quantitative estimate of drug-likeness (QED) is 0.812. The molecule has 7 heteroatoms. The number of aryl methyl sites for hydroxylation is 1. The Morgan fingerprint density at radius 2 is 1.96 bits per heavy atom. The second-order valence-corrected chi connectivity index (χ2v) is 7.14. The first-order valence-corrected chi connectivity index (χ1v) is 8.69. The van der Waals surface area contributed by atoms with E-state index >= 15 is 0 Å². The Kier molecular flexibility index (Phi) is 5.08. The Balaban J connectivity index is 0.00000169. The first-order chi connectivity index (χ1) is 11.2. The molecule has 128 valence electrons. The third-order valence-electron chi connectivity index (χ3n) is 4.27. The van der Waals surface area contributed by atoms with Gasteiger partial charge in [-0.1, -0.05) is 18.2 Å². The minimum Gasteiger partial charge on any atom is -0.340 e. The number of halogens is 2. The van der Waals surface area contributed by atoms with Crippen LogP contribution in [0.3, 0.4) is 0 Å². The Hall–Kier alpha value is -1.63. The zero-order chi connectivity index (χ0) is 15.8. The number of guanidine groups is 1. The van der Waals surface area contributed by atoms with Crippen molar-refractivity contribution in [2.75, 3.05) is 31.5 Å². The molecule has 0 aliphatic carbocycles. The van der Waals surface area contributed by atoms with Gasteiger partial charge in [0.15, 0.2) is 5.96 Å². The molecule has 2 N–H and O–H groups in total. The predicted octanol–water partition coefficient (Wildman–Crippen LogP) is 3.39. The minimum absolute atomic E-state index is 0. The summed E-state index contributed by atoms with van der Waals surface area (Å²) in [5.41, 5.74) is 1.71. The van der Waals surface area contributed by atoms with E-state index in [1.807, 2.05) is 12.1 Å². The summed E-state index contributed by atoms with van der Waals surface area (Å²) in [4.78, 5) is 8.31. The number of hydrogen-bond acceptors (Lipinski definition) is 5. The van der Waals surface area contributed by atoms with Crippen LogP contribution in [0.15, 0.2) is 35.3 Å². The lowest BCUT2D eigenvalue weighted by atomic mass is 9.99. The number of nitrogens with zero attached hydrogens (tertiary/aromatic N) is 2. The molecule has 1 aromatic heterocycles. The van der Waals surface area contributed by atoms with Gasteiger partial charge in [0.1, 0.15) is 16.9 Å². The molecule has 4 rings (SSSR count). The van der Waals surface area contributed by atoms with Crippen molar-refractivity contribution >= 4 is 34.7 Å². The highest BCUT2D eigenvalue weighted by Gasteiger charge is 2.29. The number of anilines is 1. The van der Waals surface area contributed by atoms with Crippen molar-refractivity contribution in [2.45, 2.75) is 13.0 Å². The van der Waals surface area contributed by atoms with Crippen molar-refractivity contribution in [3.8, 4) is 0 Å².